The van der Waals surface area contributed by atoms with Gasteiger partial charge in [-0.15, -0.1) is 23.5 Å². The van der Waals surface area contributed by atoms with Gasteiger partial charge < -0.3 is 29.4 Å². The number of methoxy groups -OCH3 is 2. The summed E-state index contributed by atoms with van der Waals surface area (Å²) in [6, 6.07) is 29.3. The molecule has 0 saturated heterocycles. The number of carboxylic acid groups (broad SMARTS) is 1. The minimum atomic E-state index is -1.00. The van der Waals surface area contributed by atoms with Crippen LogP contribution in [0.25, 0.3) is 0 Å². The normalized spacial score (nSPS) is 10.4. The first-order valence-corrected chi connectivity index (χ1v) is 19.5. The van der Waals surface area contributed by atoms with E-state index in [4.69, 9.17) is 37.0 Å². The van der Waals surface area contributed by atoms with E-state index in [1.165, 1.54) is 61.6 Å². The number of alkyl halides is 1. The number of rotatable bonds is 15. The summed E-state index contributed by atoms with van der Waals surface area (Å²) in [6.07, 6.45) is 0. The van der Waals surface area contributed by atoms with E-state index >= 15 is 0 Å². The summed E-state index contributed by atoms with van der Waals surface area (Å²) in [5.41, 5.74) is 4.74. The zero-order valence-electron chi connectivity index (χ0n) is 33.0. The van der Waals surface area contributed by atoms with Gasteiger partial charge in [0.1, 0.15) is 30.5 Å². The fraction of sp³-hybridized carbons (Fsp3) is 0.209. The molecule has 0 aliphatic rings. The van der Waals surface area contributed by atoms with Crippen LogP contribution in [-0.4, -0.2) is 50.3 Å². The second-order valence-corrected chi connectivity index (χ2v) is 14.3. The number of carboxylic acids is 1. The Labute approximate surface area is 350 Å². The first kappa shape index (κ1) is 45.1. The largest absolute Gasteiger partial charge is 0.497 e. The van der Waals surface area contributed by atoms with Gasteiger partial charge >= 0.3 is 17.9 Å². The van der Waals surface area contributed by atoms with Gasteiger partial charge in [-0.1, -0.05) is 48.0 Å². The van der Waals surface area contributed by atoms with Gasteiger partial charge in [0.05, 0.1) is 33.3 Å². The number of halogens is 3. The molecular formula is C43H42ClF2NO9S2. The Kier molecular flexibility index (Phi) is 18.9. The molecule has 0 aromatic heterocycles. The van der Waals surface area contributed by atoms with Crippen LogP contribution >= 0.6 is 35.1 Å². The standard InChI is InChI=1S/C24H21ClFNO4S.C18H18O5S.CH3F/c1-15(28)31-13-18-6-5-17(24(29)27-19-7-10-22(26)21(25)12-19)11-23(18)32-14-16-3-8-20(30-2)9-4-16;1-12(19)23-10-15-6-5-14(18(20)21)9-17(15)24-11-13-3-7-16(22-2)8-4-13;1-2/h3-12H,13-14H2,1-2H3,(H,27,29);3-9H,10-11H2,1-2H3,(H,20,21);1H3/i;;1D. The molecule has 5 aromatic rings. The molecule has 0 spiro atoms. The number of hydrogen-bond donors (Lipinski definition) is 2. The van der Waals surface area contributed by atoms with Crippen LogP contribution in [0, 0.1) is 5.82 Å². The van der Waals surface area contributed by atoms with Crippen molar-refractivity contribution in [2.75, 3.05) is 26.7 Å². The third-order valence-corrected chi connectivity index (χ3v) is 10.4. The smallest absolute Gasteiger partial charge is 0.335 e. The zero-order chi connectivity index (χ0) is 43.3. The lowest BCUT2D eigenvalue weighted by Crippen LogP contribution is -2.12. The first-order chi connectivity index (χ1) is 28.3. The number of hydrogen-bond acceptors (Lipinski definition) is 10. The van der Waals surface area contributed by atoms with Crippen LogP contribution in [-0.2, 0) is 43.8 Å². The number of aromatic carboxylic acids is 1. The Morgan fingerprint density at radius 2 is 1.16 bits per heavy atom. The van der Waals surface area contributed by atoms with Gasteiger partial charge in [0, 0.05) is 57.5 Å². The molecule has 0 heterocycles. The van der Waals surface area contributed by atoms with E-state index in [9.17, 15) is 28.0 Å². The molecule has 5 aromatic carbocycles. The Hall–Kier alpha value is -5.57. The molecule has 306 valence electrons. The lowest BCUT2D eigenvalue weighted by atomic mass is 10.1. The summed E-state index contributed by atoms with van der Waals surface area (Å²) in [7, 11) is 2.23. The van der Waals surface area contributed by atoms with E-state index in [-0.39, 0.29) is 41.6 Å². The minimum absolute atomic E-state index is 0.0738. The van der Waals surface area contributed by atoms with Gasteiger partial charge in [-0.25, -0.2) is 9.18 Å². The fourth-order valence-corrected chi connectivity index (χ4v) is 7.05. The molecule has 0 bridgehead atoms. The number of carbonyl (C=O) groups excluding carboxylic acids is 3. The van der Waals surface area contributed by atoms with Crippen LogP contribution in [0.5, 0.6) is 11.5 Å². The Balaban J connectivity index is 0.000000306. The lowest BCUT2D eigenvalue weighted by Gasteiger charge is -2.13. The number of anilines is 1. The minimum Gasteiger partial charge on any atom is -0.497 e. The quantitative estimate of drug-likeness (QED) is 0.0769. The summed E-state index contributed by atoms with van der Waals surface area (Å²) in [5, 5.41) is 11.8. The van der Waals surface area contributed by atoms with Gasteiger partial charge in [0.25, 0.3) is 5.91 Å². The zero-order valence-corrected chi connectivity index (χ0v) is 34.4. The van der Waals surface area contributed by atoms with Crippen LogP contribution in [0.15, 0.2) is 113 Å². The average molecular weight is 855 g/mol. The van der Waals surface area contributed by atoms with Crippen molar-refractivity contribution < 1.29 is 53.4 Å². The second-order valence-electron chi connectivity index (χ2n) is 11.9. The highest BCUT2D eigenvalue weighted by atomic mass is 35.5. The molecule has 15 heteroatoms. The lowest BCUT2D eigenvalue weighted by molar-refractivity contribution is -0.143. The van der Waals surface area contributed by atoms with Gasteiger partial charge in [-0.05, 0) is 77.9 Å². The van der Waals surface area contributed by atoms with Crippen molar-refractivity contribution in [1.29, 1.82) is 0 Å². The van der Waals surface area contributed by atoms with Crippen LogP contribution in [0.4, 0.5) is 14.5 Å². The Morgan fingerprint density at radius 3 is 1.57 bits per heavy atom. The van der Waals surface area contributed by atoms with Gasteiger partial charge in [-0.3, -0.25) is 18.8 Å². The predicted octanol–water partition coefficient (Wildman–Crippen LogP) is 10.4. The SMILES string of the molecule is COc1ccc(CSc2cc(C(=O)Nc3ccc(F)c(Cl)c3)ccc2COC(C)=O)cc1.COc1ccc(CSc2cc(C(=O)O)ccc2COC(C)=O)cc1.[2H]CF. The third-order valence-electron chi connectivity index (χ3n) is 7.79. The first-order valence-electron chi connectivity index (χ1n) is 17.9. The van der Waals surface area contributed by atoms with E-state index in [0.717, 1.165) is 43.5 Å². The fourth-order valence-electron chi connectivity index (χ4n) is 4.79. The second kappa shape index (κ2) is 24.3. The van der Waals surface area contributed by atoms with E-state index in [2.05, 4.69) is 5.32 Å². The van der Waals surface area contributed by atoms with Crippen molar-refractivity contribution in [3.63, 3.8) is 0 Å². The number of benzene rings is 5. The van der Waals surface area contributed by atoms with Crippen molar-refractivity contribution in [1.82, 2.24) is 0 Å². The highest BCUT2D eigenvalue weighted by molar-refractivity contribution is 7.98. The average Bonchev–Trinajstić information content (AvgIpc) is 3.23. The van der Waals surface area contributed by atoms with Gasteiger partial charge in [0.2, 0.25) is 0 Å². The maximum absolute atomic E-state index is 13.4. The summed E-state index contributed by atoms with van der Waals surface area (Å²) < 4.78 is 49.4. The van der Waals surface area contributed by atoms with Crippen LogP contribution in [0.2, 0.25) is 5.02 Å². The van der Waals surface area contributed by atoms with Crippen LogP contribution < -0.4 is 14.8 Å². The molecule has 0 aliphatic heterocycles. The number of nitrogens with one attached hydrogen (secondary N) is 1. The van der Waals surface area contributed by atoms with Gasteiger partial charge in [0.15, 0.2) is 0 Å². The molecule has 10 nitrogen and oxygen atoms in total. The molecule has 0 fully saturated rings. The van der Waals surface area contributed by atoms with Crippen molar-refractivity contribution in [2.24, 2.45) is 0 Å². The highest BCUT2D eigenvalue weighted by Crippen LogP contribution is 2.31. The van der Waals surface area contributed by atoms with E-state index < -0.39 is 18.9 Å². The van der Waals surface area contributed by atoms with E-state index in [1.807, 2.05) is 48.5 Å². The van der Waals surface area contributed by atoms with Crippen LogP contribution in [0.3, 0.4) is 0 Å². The number of amides is 1. The molecule has 0 atom stereocenters. The highest BCUT2D eigenvalue weighted by Gasteiger charge is 2.14. The summed E-state index contributed by atoms with van der Waals surface area (Å²) in [5.74, 6) is 0.209. The summed E-state index contributed by atoms with van der Waals surface area (Å²) in [4.78, 5) is 47.8. The summed E-state index contributed by atoms with van der Waals surface area (Å²) >= 11 is 8.82. The topological polar surface area (TPSA) is 137 Å². The van der Waals surface area contributed by atoms with E-state index in [0.29, 0.717) is 22.8 Å². The Morgan fingerprint density at radius 1 is 0.707 bits per heavy atom. The molecule has 5 rings (SSSR count). The van der Waals surface area contributed by atoms with Crippen molar-refractivity contribution >= 4 is 64.6 Å². The monoisotopic (exact) mass is 854 g/mol. The van der Waals surface area contributed by atoms with Crippen LogP contribution in [0.1, 0.15) is 58.2 Å². The molecule has 2 N–H and O–H groups in total. The number of esters is 2. The van der Waals surface area contributed by atoms with Gasteiger partial charge in [-0.2, -0.15) is 0 Å². The molecule has 58 heavy (non-hydrogen) atoms. The maximum atomic E-state index is 13.4. The van der Waals surface area contributed by atoms with Crippen molar-refractivity contribution in [3.05, 3.63) is 147 Å². The number of thioether (sulfide) groups is 2. The number of ether oxygens (including phenoxy) is 4. The maximum Gasteiger partial charge on any atom is 0.335 e. The molecule has 0 radical (unpaired) electrons. The summed E-state index contributed by atoms with van der Waals surface area (Å²) in [6.45, 7) is 2.92. The molecular weight excluding hydrogens is 812 g/mol. The Bertz CT molecular complexity index is 2180. The molecule has 1 amide bonds. The number of carbonyl (C=O) groups is 4. The third kappa shape index (κ3) is 15.4. The molecule has 0 saturated carbocycles. The van der Waals surface area contributed by atoms with E-state index in [1.54, 1.807) is 44.6 Å². The van der Waals surface area contributed by atoms with Crippen molar-refractivity contribution in [2.45, 2.75) is 48.4 Å². The predicted molar refractivity (Wildman–Crippen MR) is 222 cm³/mol. The molecule has 0 unspecified atom stereocenters. The molecule has 0 aliphatic carbocycles. The van der Waals surface area contributed by atoms with Crippen molar-refractivity contribution in [3.8, 4) is 11.5 Å².